The monoisotopic (exact) mass is 407 g/mol. The largest absolute Gasteiger partial charge is 0.465 e. The zero-order chi connectivity index (χ0) is 20.9. The molecule has 0 aliphatic carbocycles. The first kappa shape index (κ1) is 21.4. The molecule has 1 unspecified atom stereocenters. The Bertz CT molecular complexity index is 921. The first-order valence-electron chi connectivity index (χ1n) is 8.28. The molecule has 150 valence electrons. The van der Waals surface area contributed by atoms with Crippen LogP contribution in [-0.4, -0.2) is 52.3 Å². The second kappa shape index (κ2) is 8.85. The van der Waals surface area contributed by atoms with E-state index in [0.717, 1.165) is 30.7 Å². The van der Waals surface area contributed by atoms with Gasteiger partial charge in [0.2, 0.25) is 0 Å². The number of aliphatic hydroxyl groups is 1. The fourth-order valence-electron chi connectivity index (χ4n) is 2.52. The second-order valence-corrected chi connectivity index (χ2v) is 7.81. The maximum Gasteiger partial charge on any atom is 0.337 e. The van der Waals surface area contributed by atoms with Gasteiger partial charge in [-0.3, -0.25) is 4.31 Å². The van der Waals surface area contributed by atoms with Crippen LogP contribution in [0, 0.1) is 0 Å². The number of nitrogens with zero attached hydrogens (tertiary/aromatic N) is 1. The Morgan fingerprint density at radius 2 is 1.50 bits per heavy atom. The van der Waals surface area contributed by atoms with Gasteiger partial charge in [-0.2, -0.15) is 0 Å². The topological polar surface area (TPSA) is 110 Å². The standard InChI is InChI=1S/C19H21NO7S/c1-13(21)12-20(16-7-5-4-6-8-16)28(24,25)17-10-14(18(22)26-2)9-15(11-17)19(23)27-3/h4-11,13,21H,12H2,1-3H3. The molecule has 8 nitrogen and oxygen atoms in total. The van der Waals surface area contributed by atoms with Gasteiger partial charge in [0.25, 0.3) is 10.0 Å². The molecule has 0 bridgehead atoms. The molecule has 1 atom stereocenters. The normalized spacial score (nSPS) is 12.1. The van der Waals surface area contributed by atoms with Gasteiger partial charge < -0.3 is 14.6 Å². The van der Waals surface area contributed by atoms with Crippen LogP contribution in [0.3, 0.4) is 0 Å². The summed E-state index contributed by atoms with van der Waals surface area (Å²) in [4.78, 5) is 23.6. The number of ether oxygens (including phenoxy) is 2. The number of rotatable bonds is 7. The minimum atomic E-state index is -4.22. The summed E-state index contributed by atoms with van der Waals surface area (Å²) < 4.78 is 36.9. The van der Waals surface area contributed by atoms with E-state index in [2.05, 4.69) is 9.47 Å². The van der Waals surface area contributed by atoms with E-state index in [0.29, 0.717) is 5.69 Å². The van der Waals surface area contributed by atoms with Gasteiger partial charge in [0.05, 0.1) is 48.6 Å². The minimum Gasteiger partial charge on any atom is -0.465 e. The summed E-state index contributed by atoms with van der Waals surface area (Å²) in [5.41, 5.74) is 0.0922. The van der Waals surface area contributed by atoms with Gasteiger partial charge in [0.1, 0.15) is 0 Å². The summed E-state index contributed by atoms with van der Waals surface area (Å²) in [5.74, 6) is -1.60. The van der Waals surface area contributed by atoms with Crippen molar-refractivity contribution >= 4 is 27.6 Å². The van der Waals surface area contributed by atoms with E-state index >= 15 is 0 Å². The number of hydrogen-bond donors (Lipinski definition) is 1. The highest BCUT2D eigenvalue weighted by Gasteiger charge is 2.28. The van der Waals surface area contributed by atoms with Gasteiger partial charge in [0, 0.05) is 0 Å². The predicted molar refractivity (Wildman–Crippen MR) is 102 cm³/mol. The Morgan fingerprint density at radius 1 is 1.00 bits per heavy atom. The average molecular weight is 407 g/mol. The summed E-state index contributed by atoms with van der Waals surface area (Å²) >= 11 is 0. The van der Waals surface area contributed by atoms with Crippen molar-refractivity contribution in [3.63, 3.8) is 0 Å². The van der Waals surface area contributed by atoms with Crippen molar-refractivity contribution in [1.29, 1.82) is 0 Å². The van der Waals surface area contributed by atoms with E-state index in [1.807, 2.05) is 0 Å². The van der Waals surface area contributed by atoms with Gasteiger partial charge >= 0.3 is 11.9 Å². The van der Waals surface area contributed by atoms with Crippen molar-refractivity contribution in [2.45, 2.75) is 17.9 Å². The molecule has 0 amide bonds. The molecule has 2 aromatic rings. The highest BCUT2D eigenvalue weighted by molar-refractivity contribution is 7.92. The predicted octanol–water partition coefficient (Wildman–Crippen LogP) is 1.84. The third-order valence-corrected chi connectivity index (χ3v) is 5.58. The van der Waals surface area contributed by atoms with E-state index in [4.69, 9.17) is 0 Å². The second-order valence-electron chi connectivity index (χ2n) is 5.95. The van der Waals surface area contributed by atoms with Gasteiger partial charge in [0.15, 0.2) is 0 Å². The molecular weight excluding hydrogens is 386 g/mol. The van der Waals surface area contributed by atoms with E-state index in [9.17, 15) is 23.1 Å². The zero-order valence-electron chi connectivity index (χ0n) is 15.7. The van der Waals surface area contributed by atoms with E-state index in [1.165, 1.54) is 13.0 Å². The zero-order valence-corrected chi connectivity index (χ0v) is 16.5. The lowest BCUT2D eigenvalue weighted by atomic mass is 10.1. The number of carbonyl (C=O) groups excluding carboxylic acids is 2. The number of aliphatic hydroxyl groups excluding tert-OH is 1. The van der Waals surface area contributed by atoms with E-state index in [-0.39, 0.29) is 22.6 Å². The Balaban J connectivity index is 2.67. The number of hydrogen-bond acceptors (Lipinski definition) is 7. The SMILES string of the molecule is COC(=O)c1cc(C(=O)OC)cc(S(=O)(=O)N(CC(C)O)c2ccccc2)c1. The highest BCUT2D eigenvalue weighted by atomic mass is 32.2. The molecule has 28 heavy (non-hydrogen) atoms. The molecule has 0 aliphatic rings. The van der Waals surface area contributed by atoms with Crippen molar-refractivity contribution in [2.24, 2.45) is 0 Å². The maximum absolute atomic E-state index is 13.3. The van der Waals surface area contributed by atoms with Crippen LogP contribution in [0.25, 0.3) is 0 Å². The smallest absolute Gasteiger partial charge is 0.337 e. The number of methoxy groups -OCH3 is 2. The Kier molecular flexibility index (Phi) is 6.76. The Labute approximate surface area is 163 Å². The first-order valence-corrected chi connectivity index (χ1v) is 9.72. The molecule has 9 heteroatoms. The Hall–Kier alpha value is -2.91. The van der Waals surface area contributed by atoms with Crippen molar-refractivity contribution in [1.82, 2.24) is 0 Å². The molecule has 0 saturated carbocycles. The molecule has 0 heterocycles. The molecule has 0 spiro atoms. The van der Waals surface area contributed by atoms with Crippen LogP contribution in [0.15, 0.2) is 53.4 Å². The molecule has 1 N–H and O–H groups in total. The lowest BCUT2D eigenvalue weighted by Gasteiger charge is -2.26. The molecule has 0 fully saturated rings. The quantitative estimate of drug-likeness (QED) is 0.697. The fraction of sp³-hybridized carbons (Fsp3) is 0.263. The van der Waals surface area contributed by atoms with Crippen molar-refractivity contribution in [2.75, 3.05) is 25.1 Å². The Morgan fingerprint density at radius 3 is 1.93 bits per heavy atom. The number of sulfonamides is 1. The van der Waals surface area contributed by atoms with Gasteiger partial charge in [-0.1, -0.05) is 18.2 Å². The number of esters is 2. The average Bonchev–Trinajstić information content (AvgIpc) is 2.70. The fourth-order valence-corrected chi connectivity index (χ4v) is 4.14. The van der Waals surface area contributed by atoms with Gasteiger partial charge in [-0.05, 0) is 37.3 Å². The van der Waals surface area contributed by atoms with E-state index in [1.54, 1.807) is 30.3 Å². The molecular formula is C19H21NO7S. The van der Waals surface area contributed by atoms with Crippen LogP contribution in [0.4, 0.5) is 5.69 Å². The van der Waals surface area contributed by atoms with E-state index < -0.39 is 28.1 Å². The number of para-hydroxylation sites is 1. The van der Waals surface area contributed by atoms with Crippen LogP contribution in [-0.2, 0) is 19.5 Å². The van der Waals surface area contributed by atoms with Gasteiger partial charge in [-0.15, -0.1) is 0 Å². The number of anilines is 1. The summed E-state index contributed by atoms with van der Waals surface area (Å²) in [5, 5.41) is 9.80. The van der Waals surface area contributed by atoms with Crippen LogP contribution in [0.5, 0.6) is 0 Å². The number of carbonyl (C=O) groups is 2. The van der Waals surface area contributed by atoms with Crippen LogP contribution >= 0.6 is 0 Å². The minimum absolute atomic E-state index is 0.117. The van der Waals surface area contributed by atoms with Crippen LogP contribution in [0.1, 0.15) is 27.6 Å². The lowest BCUT2D eigenvalue weighted by Crippen LogP contribution is -2.36. The van der Waals surface area contributed by atoms with Crippen molar-refractivity contribution in [3.05, 3.63) is 59.7 Å². The number of benzene rings is 2. The van der Waals surface area contributed by atoms with Crippen LogP contribution in [0.2, 0.25) is 0 Å². The van der Waals surface area contributed by atoms with Gasteiger partial charge in [-0.25, -0.2) is 18.0 Å². The molecule has 0 saturated heterocycles. The third kappa shape index (κ3) is 4.68. The maximum atomic E-state index is 13.3. The molecule has 2 aromatic carbocycles. The van der Waals surface area contributed by atoms with Crippen LogP contribution < -0.4 is 4.31 Å². The molecule has 0 aliphatic heterocycles. The summed E-state index contributed by atoms with van der Waals surface area (Å²) in [7, 11) is -1.93. The van der Waals surface area contributed by atoms with Crippen molar-refractivity contribution in [3.8, 4) is 0 Å². The molecule has 0 radical (unpaired) electrons. The summed E-state index contributed by atoms with van der Waals surface area (Å²) in [6.45, 7) is 1.23. The lowest BCUT2D eigenvalue weighted by molar-refractivity contribution is 0.0598. The summed E-state index contributed by atoms with van der Waals surface area (Å²) in [6.07, 6.45) is -0.959. The highest BCUT2D eigenvalue weighted by Crippen LogP contribution is 2.26. The molecule has 2 rings (SSSR count). The first-order chi connectivity index (χ1) is 13.2. The third-order valence-electron chi connectivity index (χ3n) is 3.81. The van der Waals surface area contributed by atoms with Crippen molar-refractivity contribution < 1.29 is 32.6 Å². The summed E-state index contributed by atoms with van der Waals surface area (Å²) in [6, 6.07) is 11.6. The molecule has 0 aromatic heterocycles.